The van der Waals surface area contributed by atoms with Gasteiger partial charge in [0.15, 0.2) is 0 Å². The maximum Gasteiger partial charge on any atom is 0.148 e. The van der Waals surface area contributed by atoms with Gasteiger partial charge in [0, 0.05) is 24.6 Å². The summed E-state index contributed by atoms with van der Waals surface area (Å²) in [4.78, 5) is 0. The lowest BCUT2D eigenvalue weighted by molar-refractivity contribution is 0.584. The molecule has 0 bridgehead atoms. The molecule has 0 rings (SSSR count). The molecule has 0 fully saturated rings. The van der Waals surface area contributed by atoms with Gasteiger partial charge >= 0.3 is 0 Å². The highest BCUT2D eigenvalue weighted by atomic mass is 32.2. The van der Waals surface area contributed by atoms with Gasteiger partial charge in [-0.2, -0.15) is 11.8 Å². The summed E-state index contributed by atoms with van der Waals surface area (Å²) in [5.41, 5.74) is 0. The van der Waals surface area contributed by atoms with Crippen molar-refractivity contribution in [1.82, 2.24) is 5.32 Å². The Morgan fingerprint density at radius 3 is 2.27 bits per heavy atom. The van der Waals surface area contributed by atoms with Gasteiger partial charge in [0.2, 0.25) is 0 Å². The number of sulfone groups is 1. The first-order valence-corrected chi connectivity index (χ1v) is 8.51. The van der Waals surface area contributed by atoms with Crippen molar-refractivity contribution in [2.75, 3.05) is 30.1 Å². The van der Waals surface area contributed by atoms with E-state index in [1.807, 2.05) is 11.8 Å². The fourth-order valence-electron chi connectivity index (χ4n) is 1.03. The minimum atomic E-state index is -2.82. The van der Waals surface area contributed by atoms with Crippen molar-refractivity contribution in [1.29, 1.82) is 0 Å². The van der Waals surface area contributed by atoms with Gasteiger partial charge in [-0.05, 0) is 18.6 Å². The van der Waals surface area contributed by atoms with Gasteiger partial charge in [0.25, 0.3) is 0 Å². The molecule has 1 atom stereocenters. The zero-order chi connectivity index (χ0) is 11.9. The van der Waals surface area contributed by atoms with Crippen LogP contribution in [0.15, 0.2) is 0 Å². The van der Waals surface area contributed by atoms with Gasteiger partial charge in [-0.1, -0.05) is 13.8 Å². The number of hydrogen-bond acceptors (Lipinski definition) is 4. The van der Waals surface area contributed by atoms with Crippen molar-refractivity contribution in [2.45, 2.75) is 26.8 Å². The highest BCUT2D eigenvalue weighted by molar-refractivity contribution is 7.99. The van der Waals surface area contributed by atoms with E-state index in [1.165, 1.54) is 6.26 Å². The second-order valence-electron chi connectivity index (χ2n) is 4.42. The van der Waals surface area contributed by atoms with E-state index in [4.69, 9.17) is 0 Å². The van der Waals surface area contributed by atoms with Crippen molar-refractivity contribution in [3.05, 3.63) is 0 Å². The van der Waals surface area contributed by atoms with Crippen LogP contribution in [0, 0.1) is 5.92 Å². The lowest BCUT2D eigenvalue weighted by Crippen LogP contribution is -2.32. The second kappa shape index (κ2) is 7.52. The first kappa shape index (κ1) is 15.3. The molecule has 0 aromatic rings. The second-order valence-corrected chi connectivity index (χ2v) is 7.75. The summed E-state index contributed by atoms with van der Waals surface area (Å²) in [6.45, 7) is 7.06. The molecule has 0 heterocycles. The molecule has 1 unspecified atom stereocenters. The maximum absolute atomic E-state index is 10.9. The summed E-state index contributed by atoms with van der Waals surface area (Å²) in [5.74, 6) is 3.16. The minimum Gasteiger partial charge on any atom is -0.312 e. The zero-order valence-corrected chi connectivity index (χ0v) is 11.7. The molecule has 0 aliphatic rings. The van der Waals surface area contributed by atoms with Crippen molar-refractivity contribution in [3.8, 4) is 0 Å². The molecule has 0 aromatic carbocycles. The van der Waals surface area contributed by atoms with Crippen LogP contribution in [0.3, 0.4) is 0 Å². The molecule has 0 spiro atoms. The van der Waals surface area contributed by atoms with E-state index in [9.17, 15) is 8.42 Å². The number of thioether (sulfide) groups is 1. The number of rotatable bonds is 8. The third kappa shape index (κ3) is 12.2. The Bertz CT molecular complexity index is 250. The molecule has 1 N–H and O–H groups in total. The summed E-state index contributed by atoms with van der Waals surface area (Å²) in [7, 11) is -2.82. The Kier molecular flexibility index (Phi) is 7.65. The quantitative estimate of drug-likeness (QED) is 0.710. The molecule has 0 aliphatic carbocycles. The number of nitrogens with one attached hydrogen (secondary N) is 1. The normalized spacial score (nSPS) is 14.5. The third-order valence-corrected chi connectivity index (χ3v) is 4.37. The topological polar surface area (TPSA) is 46.2 Å². The van der Waals surface area contributed by atoms with E-state index in [0.717, 1.165) is 17.4 Å². The van der Waals surface area contributed by atoms with E-state index in [1.54, 1.807) is 0 Å². The average molecular weight is 253 g/mol. The molecule has 0 radical (unpaired) electrons. The average Bonchev–Trinajstić information content (AvgIpc) is 2.00. The summed E-state index contributed by atoms with van der Waals surface area (Å²) in [6, 6.07) is 0.385. The predicted octanol–water partition coefficient (Wildman–Crippen LogP) is 1.40. The van der Waals surface area contributed by atoms with E-state index in [0.29, 0.717) is 12.6 Å². The predicted molar refractivity (Wildman–Crippen MR) is 69.3 cm³/mol. The molecule has 92 valence electrons. The van der Waals surface area contributed by atoms with Crippen LogP contribution >= 0.6 is 11.8 Å². The first-order valence-electron chi connectivity index (χ1n) is 5.30. The Hall–Kier alpha value is 0.260. The lowest BCUT2D eigenvalue weighted by atomic mass is 10.3. The van der Waals surface area contributed by atoms with Crippen LogP contribution in [0.4, 0.5) is 0 Å². The van der Waals surface area contributed by atoms with Gasteiger partial charge < -0.3 is 5.32 Å². The molecule has 0 amide bonds. The SMILES string of the molecule is CC(C)CSCC(C)NCCS(C)(=O)=O. The van der Waals surface area contributed by atoms with Crippen LogP contribution in [0.1, 0.15) is 20.8 Å². The molecular formula is C10H23NO2S2. The highest BCUT2D eigenvalue weighted by Gasteiger charge is 2.05. The molecule has 0 saturated carbocycles. The molecule has 0 aliphatic heterocycles. The van der Waals surface area contributed by atoms with Crippen molar-refractivity contribution >= 4 is 21.6 Å². The Morgan fingerprint density at radius 2 is 1.80 bits per heavy atom. The minimum absolute atomic E-state index is 0.228. The standard InChI is InChI=1S/C10H23NO2S2/c1-9(2)7-14-8-10(3)11-5-6-15(4,12)13/h9-11H,5-8H2,1-4H3. The summed E-state index contributed by atoms with van der Waals surface area (Å²) in [6.07, 6.45) is 1.27. The molecule has 0 saturated heterocycles. The van der Waals surface area contributed by atoms with Crippen LogP contribution in [0.5, 0.6) is 0 Å². The van der Waals surface area contributed by atoms with Gasteiger partial charge in [-0.15, -0.1) is 0 Å². The van der Waals surface area contributed by atoms with Crippen LogP contribution in [0.2, 0.25) is 0 Å². The van der Waals surface area contributed by atoms with E-state index in [-0.39, 0.29) is 5.75 Å². The lowest BCUT2D eigenvalue weighted by Gasteiger charge is -2.13. The molecular weight excluding hydrogens is 230 g/mol. The van der Waals surface area contributed by atoms with Crippen molar-refractivity contribution in [2.24, 2.45) is 5.92 Å². The molecule has 15 heavy (non-hydrogen) atoms. The summed E-state index contributed by atoms with van der Waals surface area (Å²) < 4.78 is 21.7. The Labute approximate surface area is 98.3 Å². The van der Waals surface area contributed by atoms with E-state index in [2.05, 4.69) is 26.1 Å². The van der Waals surface area contributed by atoms with Crippen LogP contribution in [0.25, 0.3) is 0 Å². The largest absolute Gasteiger partial charge is 0.312 e. The fraction of sp³-hybridized carbons (Fsp3) is 1.00. The fourth-order valence-corrected chi connectivity index (χ4v) is 2.60. The van der Waals surface area contributed by atoms with Crippen molar-refractivity contribution < 1.29 is 8.42 Å². The molecule has 0 aromatic heterocycles. The Morgan fingerprint density at radius 1 is 1.20 bits per heavy atom. The smallest absolute Gasteiger partial charge is 0.148 e. The number of hydrogen-bond donors (Lipinski definition) is 1. The van der Waals surface area contributed by atoms with E-state index >= 15 is 0 Å². The highest BCUT2D eigenvalue weighted by Crippen LogP contribution is 2.08. The van der Waals surface area contributed by atoms with E-state index < -0.39 is 9.84 Å². The maximum atomic E-state index is 10.9. The Balaban J connectivity index is 3.45. The van der Waals surface area contributed by atoms with Crippen LogP contribution in [-0.2, 0) is 9.84 Å². The van der Waals surface area contributed by atoms with Crippen LogP contribution < -0.4 is 5.32 Å². The van der Waals surface area contributed by atoms with Crippen LogP contribution in [-0.4, -0.2) is 44.5 Å². The summed E-state index contributed by atoms with van der Waals surface area (Å²) >= 11 is 1.92. The van der Waals surface area contributed by atoms with Gasteiger partial charge in [-0.25, -0.2) is 8.42 Å². The van der Waals surface area contributed by atoms with Crippen molar-refractivity contribution in [3.63, 3.8) is 0 Å². The third-order valence-electron chi connectivity index (χ3n) is 1.78. The van der Waals surface area contributed by atoms with Gasteiger partial charge in [0.1, 0.15) is 9.84 Å². The van der Waals surface area contributed by atoms with Gasteiger partial charge in [0.05, 0.1) is 5.75 Å². The molecule has 5 heteroatoms. The first-order chi connectivity index (χ1) is 6.81. The van der Waals surface area contributed by atoms with Gasteiger partial charge in [-0.3, -0.25) is 0 Å². The molecule has 3 nitrogen and oxygen atoms in total. The summed E-state index contributed by atoms with van der Waals surface area (Å²) in [5, 5.41) is 3.21. The monoisotopic (exact) mass is 253 g/mol. The zero-order valence-electron chi connectivity index (χ0n) is 10.1.